The molecule has 0 saturated carbocycles. The van der Waals surface area contributed by atoms with E-state index in [2.05, 4.69) is 5.32 Å². The maximum atomic E-state index is 12.4. The minimum atomic E-state index is -0.213. The molecule has 0 spiro atoms. The molecule has 2 aromatic rings. The molecule has 0 unspecified atom stereocenters. The quantitative estimate of drug-likeness (QED) is 0.847. The van der Waals surface area contributed by atoms with Crippen molar-refractivity contribution in [2.75, 3.05) is 35.7 Å². The van der Waals surface area contributed by atoms with Gasteiger partial charge in [0, 0.05) is 29.2 Å². The monoisotopic (exact) mass is 325 g/mol. The number of aryl methyl sites for hydroxylation is 1. The van der Waals surface area contributed by atoms with E-state index in [-0.39, 0.29) is 18.4 Å². The number of carbonyl (C=O) groups is 2. The lowest BCUT2D eigenvalue weighted by molar-refractivity contribution is -0.125. The summed E-state index contributed by atoms with van der Waals surface area (Å²) in [6, 6.07) is 12.4. The van der Waals surface area contributed by atoms with Crippen molar-refractivity contribution in [3.05, 3.63) is 53.6 Å². The summed E-state index contributed by atoms with van der Waals surface area (Å²) in [5.41, 5.74) is 9.15. The second kappa shape index (κ2) is 6.72. The van der Waals surface area contributed by atoms with Crippen molar-refractivity contribution in [3.63, 3.8) is 0 Å². The Balaban J connectivity index is 1.73. The summed E-state index contributed by atoms with van der Waals surface area (Å²) < 4.78 is 5.12. The Bertz CT molecular complexity index is 772. The largest absolute Gasteiger partial charge is 0.399 e. The third-order valence-corrected chi connectivity index (χ3v) is 3.93. The maximum absolute atomic E-state index is 12.4. The van der Waals surface area contributed by atoms with Gasteiger partial charge in [0.05, 0.1) is 6.61 Å². The predicted molar refractivity (Wildman–Crippen MR) is 93.2 cm³/mol. The topological polar surface area (TPSA) is 84.7 Å². The number of nitrogens with two attached hydrogens (primary N) is 1. The van der Waals surface area contributed by atoms with Gasteiger partial charge in [-0.1, -0.05) is 6.07 Å². The molecule has 0 aliphatic carbocycles. The Morgan fingerprint density at radius 1 is 1.21 bits per heavy atom. The highest BCUT2D eigenvalue weighted by atomic mass is 16.5. The van der Waals surface area contributed by atoms with Crippen LogP contribution in [0.3, 0.4) is 0 Å². The Labute approximate surface area is 140 Å². The first-order valence-corrected chi connectivity index (χ1v) is 7.70. The van der Waals surface area contributed by atoms with Gasteiger partial charge < -0.3 is 20.7 Å². The summed E-state index contributed by atoms with van der Waals surface area (Å²) in [6.07, 6.45) is 0. The van der Waals surface area contributed by atoms with Gasteiger partial charge in [-0.2, -0.15) is 0 Å². The van der Waals surface area contributed by atoms with Gasteiger partial charge >= 0.3 is 0 Å². The zero-order chi connectivity index (χ0) is 17.1. The van der Waals surface area contributed by atoms with E-state index in [0.29, 0.717) is 30.1 Å². The number of ether oxygens (including phenoxy) is 1. The smallest absolute Gasteiger partial charge is 0.256 e. The van der Waals surface area contributed by atoms with Gasteiger partial charge in [-0.15, -0.1) is 0 Å². The molecule has 1 heterocycles. The van der Waals surface area contributed by atoms with Gasteiger partial charge in [-0.25, -0.2) is 0 Å². The molecule has 6 heteroatoms. The molecule has 124 valence electrons. The highest BCUT2D eigenvalue weighted by Crippen LogP contribution is 2.21. The highest BCUT2D eigenvalue weighted by molar-refractivity contribution is 6.06. The van der Waals surface area contributed by atoms with Crippen LogP contribution in [0.1, 0.15) is 15.9 Å². The van der Waals surface area contributed by atoms with Crippen LogP contribution >= 0.6 is 0 Å². The molecular formula is C18H19N3O3. The molecule has 0 radical (unpaired) electrons. The van der Waals surface area contributed by atoms with E-state index < -0.39 is 0 Å². The van der Waals surface area contributed by atoms with Crippen LogP contribution in [-0.2, 0) is 9.53 Å². The number of hydrogen-bond donors (Lipinski definition) is 2. The first-order valence-electron chi connectivity index (χ1n) is 7.70. The van der Waals surface area contributed by atoms with Crippen LogP contribution in [0.15, 0.2) is 42.5 Å². The fraction of sp³-hybridized carbons (Fsp3) is 0.222. The van der Waals surface area contributed by atoms with E-state index in [1.807, 2.05) is 25.1 Å². The van der Waals surface area contributed by atoms with E-state index in [9.17, 15) is 9.59 Å². The second-order valence-corrected chi connectivity index (χ2v) is 5.67. The summed E-state index contributed by atoms with van der Waals surface area (Å²) in [5, 5.41) is 2.84. The van der Waals surface area contributed by atoms with Crippen LogP contribution < -0.4 is 16.0 Å². The molecule has 1 aliphatic rings. The fourth-order valence-corrected chi connectivity index (χ4v) is 2.60. The van der Waals surface area contributed by atoms with Crippen LogP contribution in [0.25, 0.3) is 0 Å². The first-order chi connectivity index (χ1) is 11.5. The highest BCUT2D eigenvalue weighted by Gasteiger charge is 2.20. The van der Waals surface area contributed by atoms with Crippen LogP contribution in [0, 0.1) is 6.92 Å². The standard InChI is InChI=1S/C18H19N3O3/c1-12-2-3-13(19)10-16(12)18(23)20-14-4-6-15(7-5-14)21-8-9-24-11-17(21)22/h2-7,10H,8-9,11,19H2,1H3,(H,20,23). The molecule has 2 aromatic carbocycles. The number of nitrogens with zero attached hydrogens (tertiary/aromatic N) is 1. The zero-order valence-corrected chi connectivity index (χ0v) is 13.4. The van der Waals surface area contributed by atoms with Crippen molar-refractivity contribution >= 4 is 28.9 Å². The predicted octanol–water partition coefficient (Wildman–Crippen LogP) is 2.19. The van der Waals surface area contributed by atoms with Gasteiger partial charge in [-0.3, -0.25) is 9.59 Å². The average molecular weight is 325 g/mol. The molecule has 0 bridgehead atoms. The van der Waals surface area contributed by atoms with E-state index in [1.54, 1.807) is 29.2 Å². The fourth-order valence-electron chi connectivity index (χ4n) is 2.60. The lowest BCUT2D eigenvalue weighted by atomic mass is 10.1. The van der Waals surface area contributed by atoms with Crippen molar-refractivity contribution in [1.82, 2.24) is 0 Å². The summed E-state index contributed by atoms with van der Waals surface area (Å²) in [4.78, 5) is 25.9. The number of rotatable bonds is 3. The van der Waals surface area contributed by atoms with E-state index in [4.69, 9.17) is 10.5 Å². The summed E-state index contributed by atoms with van der Waals surface area (Å²) in [5.74, 6) is -0.275. The molecule has 3 N–H and O–H groups in total. The molecule has 1 fully saturated rings. The third kappa shape index (κ3) is 3.38. The summed E-state index contributed by atoms with van der Waals surface area (Å²) >= 11 is 0. The first kappa shape index (κ1) is 16.0. The van der Waals surface area contributed by atoms with E-state index in [0.717, 1.165) is 11.3 Å². The number of hydrogen-bond acceptors (Lipinski definition) is 4. The number of anilines is 3. The Hall–Kier alpha value is -2.86. The Morgan fingerprint density at radius 3 is 2.67 bits per heavy atom. The van der Waals surface area contributed by atoms with Crippen molar-refractivity contribution in [2.45, 2.75) is 6.92 Å². The number of morpholine rings is 1. The SMILES string of the molecule is Cc1ccc(N)cc1C(=O)Nc1ccc(N2CCOCC2=O)cc1. The zero-order valence-electron chi connectivity index (χ0n) is 13.4. The number of nitrogen functional groups attached to an aromatic ring is 1. The number of nitrogens with one attached hydrogen (secondary N) is 1. The molecule has 1 saturated heterocycles. The Morgan fingerprint density at radius 2 is 1.96 bits per heavy atom. The average Bonchev–Trinajstić information content (AvgIpc) is 2.58. The molecule has 1 aliphatic heterocycles. The lowest BCUT2D eigenvalue weighted by Crippen LogP contribution is -2.41. The second-order valence-electron chi connectivity index (χ2n) is 5.67. The lowest BCUT2D eigenvalue weighted by Gasteiger charge is -2.26. The van der Waals surface area contributed by atoms with E-state index >= 15 is 0 Å². The minimum Gasteiger partial charge on any atom is -0.399 e. The van der Waals surface area contributed by atoms with Gasteiger partial charge in [0.15, 0.2) is 0 Å². The number of amides is 2. The molecular weight excluding hydrogens is 306 g/mol. The van der Waals surface area contributed by atoms with Crippen molar-refractivity contribution < 1.29 is 14.3 Å². The van der Waals surface area contributed by atoms with Crippen molar-refractivity contribution in [1.29, 1.82) is 0 Å². The number of carbonyl (C=O) groups excluding carboxylic acids is 2. The molecule has 3 rings (SSSR count). The van der Waals surface area contributed by atoms with Crippen LogP contribution in [0.4, 0.5) is 17.1 Å². The molecule has 6 nitrogen and oxygen atoms in total. The molecule has 0 atom stereocenters. The summed E-state index contributed by atoms with van der Waals surface area (Å²) in [7, 11) is 0. The number of benzene rings is 2. The van der Waals surface area contributed by atoms with Gasteiger partial charge in [0.1, 0.15) is 6.61 Å². The summed E-state index contributed by atoms with van der Waals surface area (Å²) in [6.45, 7) is 3.03. The van der Waals surface area contributed by atoms with Crippen molar-refractivity contribution in [2.24, 2.45) is 0 Å². The van der Waals surface area contributed by atoms with Gasteiger partial charge in [0.25, 0.3) is 11.8 Å². The maximum Gasteiger partial charge on any atom is 0.256 e. The Kier molecular flexibility index (Phi) is 4.48. The van der Waals surface area contributed by atoms with Crippen molar-refractivity contribution in [3.8, 4) is 0 Å². The normalized spacial score (nSPS) is 14.5. The van der Waals surface area contributed by atoms with Gasteiger partial charge in [0.2, 0.25) is 0 Å². The minimum absolute atomic E-state index is 0.0616. The molecule has 0 aromatic heterocycles. The third-order valence-electron chi connectivity index (χ3n) is 3.93. The van der Waals surface area contributed by atoms with Gasteiger partial charge in [-0.05, 0) is 48.9 Å². The van der Waals surface area contributed by atoms with Crippen LogP contribution in [0.5, 0.6) is 0 Å². The molecule has 2 amide bonds. The molecule has 24 heavy (non-hydrogen) atoms. The van der Waals surface area contributed by atoms with E-state index in [1.165, 1.54) is 0 Å². The van der Waals surface area contributed by atoms with Crippen LogP contribution in [-0.4, -0.2) is 31.6 Å². The van der Waals surface area contributed by atoms with Crippen LogP contribution in [0.2, 0.25) is 0 Å².